The molecule has 1 atom stereocenters. The minimum absolute atomic E-state index is 0.0128. The Hall–Kier alpha value is -1.76. The van der Waals surface area contributed by atoms with Crippen LogP contribution in [0.5, 0.6) is 5.75 Å². The van der Waals surface area contributed by atoms with Gasteiger partial charge in [-0.15, -0.1) is 0 Å². The van der Waals surface area contributed by atoms with Crippen molar-refractivity contribution in [1.29, 1.82) is 0 Å². The van der Waals surface area contributed by atoms with Gasteiger partial charge in [-0.3, -0.25) is 4.79 Å². The molecule has 1 rings (SSSR count). The van der Waals surface area contributed by atoms with Gasteiger partial charge in [-0.05, 0) is 30.5 Å². The first-order valence-corrected chi connectivity index (χ1v) is 6.88. The van der Waals surface area contributed by atoms with Crippen molar-refractivity contribution in [2.75, 3.05) is 13.7 Å². The maximum absolute atomic E-state index is 13.0. The maximum atomic E-state index is 13.0. The van der Waals surface area contributed by atoms with E-state index in [0.29, 0.717) is 25.0 Å². The van der Waals surface area contributed by atoms with Gasteiger partial charge >= 0.3 is 12.1 Å². The zero-order chi connectivity index (χ0) is 16.6. The monoisotopic (exact) mass is 320 g/mol. The lowest BCUT2D eigenvalue weighted by Crippen LogP contribution is -2.24. The van der Waals surface area contributed by atoms with Crippen LogP contribution in [0.15, 0.2) is 24.3 Å². The summed E-state index contributed by atoms with van der Waals surface area (Å²) >= 11 is 0. The van der Waals surface area contributed by atoms with Crippen LogP contribution in [0, 0.1) is 0 Å². The number of benzene rings is 1. The van der Waals surface area contributed by atoms with Crippen molar-refractivity contribution in [3.8, 4) is 5.75 Å². The van der Waals surface area contributed by atoms with Gasteiger partial charge in [0, 0.05) is 13.0 Å². The minimum Gasteiger partial charge on any atom is -0.497 e. The number of ether oxygens (including phenoxy) is 2. The van der Waals surface area contributed by atoms with E-state index >= 15 is 0 Å². The van der Waals surface area contributed by atoms with E-state index in [-0.39, 0.29) is 18.6 Å². The highest BCUT2D eigenvalue weighted by atomic mass is 19.4. The van der Waals surface area contributed by atoms with E-state index in [2.05, 4.69) is 0 Å². The Bertz CT molecular complexity index is 457. The molecule has 1 N–H and O–H groups in total. The molecule has 4 nitrogen and oxygen atoms in total. The number of alkyl halides is 3. The zero-order valence-electron chi connectivity index (χ0n) is 12.2. The van der Waals surface area contributed by atoms with E-state index in [1.807, 2.05) is 0 Å². The lowest BCUT2D eigenvalue weighted by Gasteiger charge is -2.21. The number of carboxylic acid groups (broad SMARTS) is 1. The maximum Gasteiger partial charge on any atom is 0.418 e. The summed E-state index contributed by atoms with van der Waals surface area (Å²) in [5.74, 6) is -0.439. The Labute approximate surface area is 126 Å². The molecule has 22 heavy (non-hydrogen) atoms. The summed E-state index contributed by atoms with van der Waals surface area (Å²) in [7, 11) is 1.43. The second-order valence-corrected chi connectivity index (χ2v) is 4.77. The molecule has 0 aromatic heterocycles. The Kier molecular flexibility index (Phi) is 7.17. The van der Waals surface area contributed by atoms with Crippen molar-refractivity contribution in [2.45, 2.75) is 38.0 Å². The molecular weight excluding hydrogens is 301 g/mol. The first-order valence-electron chi connectivity index (χ1n) is 6.88. The zero-order valence-corrected chi connectivity index (χ0v) is 12.2. The SMILES string of the molecule is COc1ccc([C@H](OCCCCCC(=O)O)C(F)(F)F)cc1. The van der Waals surface area contributed by atoms with E-state index in [1.54, 1.807) is 0 Å². The number of methoxy groups -OCH3 is 1. The third-order valence-corrected chi connectivity index (χ3v) is 3.04. The molecule has 0 aliphatic carbocycles. The van der Waals surface area contributed by atoms with E-state index in [4.69, 9.17) is 14.6 Å². The van der Waals surface area contributed by atoms with Gasteiger partial charge in [-0.2, -0.15) is 13.2 Å². The molecule has 0 saturated heterocycles. The van der Waals surface area contributed by atoms with Crippen molar-refractivity contribution in [3.63, 3.8) is 0 Å². The van der Waals surface area contributed by atoms with Crippen molar-refractivity contribution < 1.29 is 32.5 Å². The molecule has 0 saturated carbocycles. The average Bonchev–Trinajstić information content (AvgIpc) is 2.45. The predicted molar refractivity (Wildman–Crippen MR) is 73.8 cm³/mol. The first-order chi connectivity index (χ1) is 10.3. The van der Waals surface area contributed by atoms with Gasteiger partial charge in [0.2, 0.25) is 0 Å². The van der Waals surface area contributed by atoms with E-state index < -0.39 is 18.2 Å². The van der Waals surface area contributed by atoms with Crippen LogP contribution in [-0.2, 0) is 9.53 Å². The first kappa shape index (κ1) is 18.3. The average molecular weight is 320 g/mol. The van der Waals surface area contributed by atoms with Crippen LogP contribution in [0.4, 0.5) is 13.2 Å². The highest BCUT2D eigenvalue weighted by molar-refractivity contribution is 5.66. The standard InChI is InChI=1S/C15H19F3O4/c1-21-12-8-6-11(7-9-12)14(15(16,17)18)22-10-4-2-3-5-13(19)20/h6-9,14H,2-5,10H2,1H3,(H,19,20)/t14-/m0/s1. The number of halogens is 3. The van der Waals surface area contributed by atoms with Crippen LogP contribution < -0.4 is 4.74 Å². The third-order valence-electron chi connectivity index (χ3n) is 3.04. The molecule has 0 spiro atoms. The number of hydrogen-bond donors (Lipinski definition) is 1. The highest BCUT2D eigenvalue weighted by Gasteiger charge is 2.41. The molecule has 124 valence electrons. The number of carbonyl (C=O) groups is 1. The van der Waals surface area contributed by atoms with Crippen LogP contribution in [-0.4, -0.2) is 31.0 Å². The molecule has 0 aliphatic heterocycles. The van der Waals surface area contributed by atoms with Crippen molar-refractivity contribution in [3.05, 3.63) is 29.8 Å². The quantitative estimate of drug-likeness (QED) is 0.700. The van der Waals surface area contributed by atoms with Crippen LogP contribution in [0.3, 0.4) is 0 Å². The second-order valence-electron chi connectivity index (χ2n) is 4.77. The molecule has 1 aromatic rings. The fraction of sp³-hybridized carbons (Fsp3) is 0.533. The van der Waals surface area contributed by atoms with Gasteiger partial charge in [0.05, 0.1) is 7.11 Å². The number of carboxylic acids is 1. The van der Waals surface area contributed by atoms with Crippen LogP contribution in [0.2, 0.25) is 0 Å². The molecule has 0 heterocycles. The van der Waals surface area contributed by atoms with Crippen LogP contribution >= 0.6 is 0 Å². The van der Waals surface area contributed by atoms with Crippen LogP contribution in [0.1, 0.15) is 37.4 Å². The lowest BCUT2D eigenvalue weighted by atomic mass is 10.1. The summed E-state index contributed by atoms with van der Waals surface area (Å²) in [6, 6.07) is 5.54. The van der Waals surface area contributed by atoms with E-state index in [0.717, 1.165) is 0 Å². The molecule has 0 aliphatic rings. The van der Waals surface area contributed by atoms with Gasteiger partial charge in [0.15, 0.2) is 6.10 Å². The van der Waals surface area contributed by atoms with E-state index in [9.17, 15) is 18.0 Å². The van der Waals surface area contributed by atoms with Crippen molar-refractivity contribution in [1.82, 2.24) is 0 Å². The summed E-state index contributed by atoms with van der Waals surface area (Å²) in [6.45, 7) is -0.0736. The topological polar surface area (TPSA) is 55.8 Å². The van der Waals surface area contributed by atoms with E-state index in [1.165, 1.54) is 31.4 Å². The Balaban J connectivity index is 2.53. The number of rotatable bonds is 9. The molecule has 0 radical (unpaired) electrons. The molecule has 1 aromatic carbocycles. The molecule has 0 amide bonds. The molecule has 0 unspecified atom stereocenters. The number of unbranched alkanes of at least 4 members (excludes halogenated alkanes) is 2. The fourth-order valence-corrected chi connectivity index (χ4v) is 1.91. The summed E-state index contributed by atoms with van der Waals surface area (Å²) in [6.07, 6.45) is -5.15. The van der Waals surface area contributed by atoms with Crippen LogP contribution in [0.25, 0.3) is 0 Å². The largest absolute Gasteiger partial charge is 0.497 e. The minimum atomic E-state index is -4.50. The second kappa shape index (κ2) is 8.63. The molecule has 7 heteroatoms. The predicted octanol–water partition coefficient (Wildman–Crippen LogP) is 3.96. The third kappa shape index (κ3) is 6.34. The number of hydrogen-bond acceptors (Lipinski definition) is 3. The normalized spacial score (nSPS) is 12.9. The van der Waals surface area contributed by atoms with Gasteiger partial charge in [-0.25, -0.2) is 0 Å². The highest BCUT2D eigenvalue weighted by Crippen LogP contribution is 2.36. The molecule has 0 fully saturated rings. The Morgan fingerprint density at radius 3 is 2.32 bits per heavy atom. The Morgan fingerprint density at radius 2 is 1.82 bits per heavy atom. The van der Waals surface area contributed by atoms with Crippen molar-refractivity contribution in [2.24, 2.45) is 0 Å². The van der Waals surface area contributed by atoms with Gasteiger partial charge in [0.25, 0.3) is 0 Å². The lowest BCUT2D eigenvalue weighted by molar-refractivity contribution is -0.224. The summed E-state index contributed by atoms with van der Waals surface area (Å²) in [5.41, 5.74) is 0.0128. The smallest absolute Gasteiger partial charge is 0.418 e. The van der Waals surface area contributed by atoms with Gasteiger partial charge in [0.1, 0.15) is 5.75 Å². The molecule has 0 bridgehead atoms. The molecular formula is C15H19F3O4. The summed E-state index contributed by atoms with van der Waals surface area (Å²) in [4.78, 5) is 10.3. The summed E-state index contributed by atoms with van der Waals surface area (Å²) in [5, 5.41) is 8.47. The fourth-order valence-electron chi connectivity index (χ4n) is 1.91. The van der Waals surface area contributed by atoms with Gasteiger partial charge in [-0.1, -0.05) is 18.6 Å². The number of aliphatic carboxylic acids is 1. The Morgan fingerprint density at radius 1 is 1.18 bits per heavy atom. The van der Waals surface area contributed by atoms with Crippen molar-refractivity contribution >= 4 is 5.97 Å². The summed E-state index contributed by atoms with van der Waals surface area (Å²) < 4.78 is 49.0. The van der Waals surface area contributed by atoms with Gasteiger partial charge < -0.3 is 14.6 Å².